The topological polar surface area (TPSA) is 74.6 Å². The third-order valence-corrected chi connectivity index (χ3v) is 6.04. The Hall–Kier alpha value is -3.92. The Morgan fingerprint density at radius 1 is 0.348 bits per heavy atom. The van der Waals surface area contributed by atoms with Crippen LogP contribution in [0.25, 0.3) is 0 Å². The summed E-state index contributed by atoms with van der Waals surface area (Å²) in [6.07, 6.45) is 60.9. The van der Waals surface area contributed by atoms with Gasteiger partial charge in [-0.15, -0.1) is 0 Å². The summed E-state index contributed by atoms with van der Waals surface area (Å²) in [7, 11) is 0. The number of unbranched alkanes of at least 4 members (excludes halogenated alkanes) is 1. The molecule has 0 aromatic rings. The van der Waals surface area contributed by atoms with Crippen LogP contribution in [0, 0.1) is 0 Å². The summed E-state index contributed by atoms with van der Waals surface area (Å²) in [6.45, 7) is 4.29. The van der Waals surface area contributed by atoms with Crippen molar-refractivity contribution in [1.29, 1.82) is 0 Å². The second-order valence-electron chi connectivity index (χ2n) is 10.3. The minimum Gasteiger partial charge on any atom is -0.481 e. The molecule has 2 N–H and O–H groups in total. The Morgan fingerprint density at radius 3 is 0.848 bits per heavy atom. The predicted molar refractivity (Wildman–Crippen MR) is 201 cm³/mol. The largest absolute Gasteiger partial charge is 0.481 e. The monoisotopic (exact) mass is 630 g/mol. The SMILES string of the molecule is CC/C=C/C/C=C/C/C=C/C/C=C/C/C=C/C/C=C/CCC(=O)O.CC/C=C/C/C=C/C/C=C/C/C=C/C/C=C/CCCC(=O)O. The maximum Gasteiger partial charge on any atom is 0.303 e. The van der Waals surface area contributed by atoms with Crippen molar-refractivity contribution in [2.75, 3.05) is 0 Å². The second kappa shape index (κ2) is 41.1. The Kier molecular flexibility index (Phi) is 39.5. The Balaban J connectivity index is 0. The molecule has 0 bridgehead atoms. The quantitative estimate of drug-likeness (QED) is 0.0699. The summed E-state index contributed by atoms with van der Waals surface area (Å²) in [5.41, 5.74) is 0. The van der Waals surface area contributed by atoms with Gasteiger partial charge in [0.05, 0.1) is 0 Å². The first-order chi connectivity index (χ1) is 22.5. The predicted octanol–water partition coefficient (Wildman–Crippen LogP) is 12.5. The average Bonchev–Trinajstić information content (AvgIpc) is 3.03. The Morgan fingerprint density at radius 2 is 0.587 bits per heavy atom. The summed E-state index contributed by atoms with van der Waals surface area (Å²) in [6, 6.07) is 0. The van der Waals surface area contributed by atoms with Crippen LogP contribution < -0.4 is 0 Å². The second-order valence-corrected chi connectivity index (χ2v) is 10.3. The van der Waals surface area contributed by atoms with Crippen LogP contribution in [0.3, 0.4) is 0 Å². The van der Waals surface area contributed by atoms with Crippen LogP contribution in [0.2, 0.25) is 0 Å². The highest BCUT2D eigenvalue weighted by Gasteiger charge is 1.92. The van der Waals surface area contributed by atoms with E-state index in [1.165, 1.54) is 0 Å². The maximum atomic E-state index is 10.3. The number of carbonyl (C=O) groups is 2. The van der Waals surface area contributed by atoms with Crippen molar-refractivity contribution in [3.63, 3.8) is 0 Å². The molecule has 0 spiro atoms. The van der Waals surface area contributed by atoms with Crippen LogP contribution in [-0.2, 0) is 9.59 Å². The van der Waals surface area contributed by atoms with Crippen molar-refractivity contribution in [2.24, 2.45) is 0 Å². The molecule has 0 aliphatic rings. The van der Waals surface area contributed by atoms with Gasteiger partial charge in [-0.05, 0) is 89.9 Å². The molecule has 0 aliphatic carbocycles. The van der Waals surface area contributed by atoms with E-state index in [1.54, 1.807) is 0 Å². The van der Waals surface area contributed by atoms with Crippen LogP contribution in [0.4, 0.5) is 0 Å². The lowest BCUT2D eigenvalue weighted by Crippen LogP contribution is -1.92. The maximum absolute atomic E-state index is 10.3. The number of aliphatic carboxylic acids is 2. The molecule has 0 amide bonds. The zero-order valence-corrected chi connectivity index (χ0v) is 28.7. The summed E-state index contributed by atoms with van der Waals surface area (Å²) in [5, 5.41) is 17.0. The van der Waals surface area contributed by atoms with E-state index in [0.29, 0.717) is 6.42 Å². The molecule has 46 heavy (non-hydrogen) atoms. The minimum atomic E-state index is -0.741. The fourth-order valence-corrected chi connectivity index (χ4v) is 3.59. The van der Waals surface area contributed by atoms with Gasteiger partial charge in [-0.3, -0.25) is 9.59 Å². The number of hydrogen-bond donors (Lipinski definition) is 2. The molecular formula is C42H62O4. The number of carboxylic acids is 2. The van der Waals surface area contributed by atoms with Crippen LogP contribution in [0.1, 0.15) is 117 Å². The van der Waals surface area contributed by atoms with Gasteiger partial charge in [0.1, 0.15) is 0 Å². The van der Waals surface area contributed by atoms with Gasteiger partial charge in [-0.2, -0.15) is 0 Å². The Labute approximate surface area is 281 Å². The van der Waals surface area contributed by atoms with Gasteiger partial charge in [-0.1, -0.05) is 148 Å². The lowest BCUT2D eigenvalue weighted by atomic mass is 10.2. The van der Waals surface area contributed by atoms with Crippen molar-refractivity contribution in [3.8, 4) is 0 Å². The van der Waals surface area contributed by atoms with Crippen molar-refractivity contribution < 1.29 is 19.8 Å². The molecule has 0 saturated heterocycles. The third kappa shape index (κ3) is 47.0. The van der Waals surface area contributed by atoms with E-state index < -0.39 is 11.9 Å². The van der Waals surface area contributed by atoms with Gasteiger partial charge in [-0.25, -0.2) is 0 Å². The number of rotatable bonds is 27. The molecular weight excluding hydrogens is 568 g/mol. The lowest BCUT2D eigenvalue weighted by molar-refractivity contribution is -0.138. The lowest BCUT2D eigenvalue weighted by Gasteiger charge is -1.89. The summed E-state index contributed by atoms with van der Waals surface area (Å²) < 4.78 is 0. The molecule has 0 aliphatic heterocycles. The smallest absolute Gasteiger partial charge is 0.303 e. The Bertz CT molecular complexity index is 1030. The van der Waals surface area contributed by atoms with Gasteiger partial charge < -0.3 is 10.2 Å². The van der Waals surface area contributed by atoms with E-state index in [-0.39, 0.29) is 12.8 Å². The van der Waals surface area contributed by atoms with Gasteiger partial charge >= 0.3 is 11.9 Å². The van der Waals surface area contributed by atoms with Crippen molar-refractivity contribution in [3.05, 3.63) is 134 Å². The first kappa shape index (κ1) is 44.2. The van der Waals surface area contributed by atoms with Gasteiger partial charge in [0.2, 0.25) is 0 Å². The van der Waals surface area contributed by atoms with Crippen LogP contribution in [0.15, 0.2) is 134 Å². The molecule has 0 atom stereocenters. The molecule has 0 saturated carbocycles. The molecule has 4 heteroatoms. The third-order valence-electron chi connectivity index (χ3n) is 6.04. The molecule has 254 valence electrons. The molecule has 4 nitrogen and oxygen atoms in total. The standard InChI is InChI=1S/C22H32O2.C20H30O2/c1-2-3-4-5-6-7-8-9-10-11-12-13-14-15-16-17-18-19-20-21-22(23)24;1-2-3-4-5-6-7-8-9-10-11-12-13-14-15-16-17-18-19-20(21)22/h3-4,6-7,9-10,12-13,15-16,18-19H,2,5,8,11,14,17,20-21H2,1H3,(H,23,24);3-4,6-7,9-10,12-13,15-16H,2,5,8,11,14,17-19H2,1H3,(H,21,22)/b4-3+,7-6+,10-9+,13-12+,16-15+,19-18+;4-3+,7-6+,10-9+,13-12+,16-15+. The minimum absolute atomic E-state index is 0.210. The zero-order chi connectivity index (χ0) is 34.0. The van der Waals surface area contributed by atoms with E-state index in [4.69, 9.17) is 10.2 Å². The van der Waals surface area contributed by atoms with E-state index >= 15 is 0 Å². The summed E-state index contributed by atoms with van der Waals surface area (Å²) >= 11 is 0. The fraction of sp³-hybridized carbons (Fsp3) is 0.429. The van der Waals surface area contributed by atoms with E-state index in [9.17, 15) is 9.59 Å². The molecule has 0 fully saturated rings. The van der Waals surface area contributed by atoms with Crippen molar-refractivity contribution in [1.82, 2.24) is 0 Å². The summed E-state index contributed by atoms with van der Waals surface area (Å²) in [4.78, 5) is 20.6. The van der Waals surface area contributed by atoms with Crippen molar-refractivity contribution >= 4 is 11.9 Å². The first-order valence-electron chi connectivity index (χ1n) is 17.1. The fourth-order valence-electron chi connectivity index (χ4n) is 3.59. The van der Waals surface area contributed by atoms with Gasteiger partial charge in [0.15, 0.2) is 0 Å². The normalized spacial score (nSPS) is 12.9. The molecule has 0 aromatic heterocycles. The van der Waals surface area contributed by atoms with Crippen LogP contribution >= 0.6 is 0 Å². The average molecular weight is 631 g/mol. The highest BCUT2D eigenvalue weighted by molar-refractivity contribution is 5.67. The summed E-state index contributed by atoms with van der Waals surface area (Å²) in [5.74, 6) is -1.46. The molecule has 0 rings (SSSR count). The highest BCUT2D eigenvalue weighted by Crippen LogP contribution is 2.00. The molecule has 0 aromatic carbocycles. The molecule has 0 unspecified atom stereocenters. The first-order valence-corrected chi connectivity index (χ1v) is 17.1. The van der Waals surface area contributed by atoms with E-state index in [2.05, 4.69) is 135 Å². The number of allylic oxidation sites excluding steroid dienone is 22. The number of carboxylic acid groups (broad SMARTS) is 2. The van der Waals surface area contributed by atoms with Gasteiger partial charge in [0.25, 0.3) is 0 Å². The van der Waals surface area contributed by atoms with Crippen LogP contribution in [0.5, 0.6) is 0 Å². The van der Waals surface area contributed by atoms with E-state index in [0.717, 1.165) is 83.5 Å². The van der Waals surface area contributed by atoms with Gasteiger partial charge in [0, 0.05) is 12.8 Å². The highest BCUT2D eigenvalue weighted by atomic mass is 16.4. The number of hydrogen-bond acceptors (Lipinski definition) is 2. The molecule has 0 radical (unpaired) electrons. The van der Waals surface area contributed by atoms with E-state index in [1.807, 2.05) is 12.2 Å². The van der Waals surface area contributed by atoms with Crippen molar-refractivity contribution in [2.45, 2.75) is 117 Å². The zero-order valence-electron chi connectivity index (χ0n) is 28.7. The van der Waals surface area contributed by atoms with Crippen LogP contribution in [-0.4, -0.2) is 22.2 Å². The molecule has 0 heterocycles.